The fraction of sp³-hybridized carbons (Fsp3) is 0.833. The second-order valence-electron chi connectivity index (χ2n) is 4.38. The lowest BCUT2D eigenvalue weighted by Gasteiger charge is -2.25. The van der Waals surface area contributed by atoms with Crippen LogP contribution in [0.1, 0.15) is 44.9 Å². The number of likely N-dealkylation sites (tertiary alicyclic amines) is 1. The molecule has 0 spiro atoms. The molecule has 2 rings (SSSR count). The SMILES string of the molecule is C1=C\C(N2CCCC2)CCCCC/1. The summed E-state index contributed by atoms with van der Waals surface area (Å²) >= 11 is 0. The molecule has 0 bridgehead atoms. The van der Waals surface area contributed by atoms with E-state index in [0.29, 0.717) is 0 Å². The Morgan fingerprint density at radius 1 is 0.923 bits per heavy atom. The van der Waals surface area contributed by atoms with E-state index in [4.69, 9.17) is 0 Å². The highest BCUT2D eigenvalue weighted by molar-refractivity contribution is 4.96. The van der Waals surface area contributed by atoms with Gasteiger partial charge < -0.3 is 0 Å². The highest BCUT2D eigenvalue weighted by Crippen LogP contribution is 2.20. The standard InChI is InChI=1S/C12H21N/c1-2-4-8-12(9-5-3-1)13-10-6-7-11-13/h4,8,12H,1-3,5-7,9-11H2/b8-4-. The van der Waals surface area contributed by atoms with Gasteiger partial charge in [0.1, 0.15) is 0 Å². The summed E-state index contributed by atoms with van der Waals surface area (Å²) in [5, 5.41) is 0. The van der Waals surface area contributed by atoms with Crippen molar-refractivity contribution in [3.8, 4) is 0 Å². The molecule has 1 heteroatoms. The average Bonchev–Trinajstić information content (AvgIpc) is 2.55. The molecule has 0 aromatic carbocycles. The second-order valence-corrected chi connectivity index (χ2v) is 4.38. The van der Waals surface area contributed by atoms with Crippen molar-refractivity contribution in [1.82, 2.24) is 4.90 Å². The number of nitrogens with zero attached hydrogens (tertiary/aromatic N) is 1. The minimum Gasteiger partial charge on any atom is -0.297 e. The first-order valence-corrected chi connectivity index (χ1v) is 5.87. The molecule has 1 aliphatic carbocycles. The van der Waals surface area contributed by atoms with Crippen LogP contribution in [-0.4, -0.2) is 24.0 Å². The molecule has 1 unspecified atom stereocenters. The fourth-order valence-electron chi connectivity index (χ4n) is 2.52. The summed E-state index contributed by atoms with van der Waals surface area (Å²) in [7, 11) is 0. The summed E-state index contributed by atoms with van der Waals surface area (Å²) in [6.07, 6.45) is 14.7. The van der Waals surface area contributed by atoms with Crippen molar-refractivity contribution in [2.45, 2.75) is 51.0 Å². The van der Waals surface area contributed by atoms with Gasteiger partial charge in [-0.1, -0.05) is 25.0 Å². The number of hydrogen-bond donors (Lipinski definition) is 0. The third-order valence-corrected chi connectivity index (χ3v) is 3.34. The van der Waals surface area contributed by atoms with Crippen LogP contribution in [0.5, 0.6) is 0 Å². The zero-order valence-electron chi connectivity index (χ0n) is 8.54. The maximum atomic E-state index is 2.67. The molecule has 1 fully saturated rings. The van der Waals surface area contributed by atoms with E-state index >= 15 is 0 Å². The third kappa shape index (κ3) is 2.57. The van der Waals surface area contributed by atoms with Gasteiger partial charge in [-0.3, -0.25) is 4.90 Å². The Bertz CT molecular complexity index is 168. The minimum absolute atomic E-state index is 0.780. The van der Waals surface area contributed by atoms with E-state index in [1.807, 2.05) is 0 Å². The first-order chi connectivity index (χ1) is 6.47. The van der Waals surface area contributed by atoms with E-state index in [0.717, 1.165) is 6.04 Å². The summed E-state index contributed by atoms with van der Waals surface area (Å²) in [5.41, 5.74) is 0. The maximum Gasteiger partial charge on any atom is 0.0278 e. The van der Waals surface area contributed by atoms with E-state index in [2.05, 4.69) is 17.1 Å². The quantitative estimate of drug-likeness (QED) is 0.559. The monoisotopic (exact) mass is 179 g/mol. The Morgan fingerprint density at radius 2 is 1.77 bits per heavy atom. The summed E-state index contributed by atoms with van der Waals surface area (Å²) in [6, 6.07) is 0.780. The van der Waals surface area contributed by atoms with Gasteiger partial charge in [0.25, 0.3) is 0 Å². The van der Waals surface area contributed by atoms with Crippen LogP contribution in [0.15, 0.2) is 12.2 Å². The van der Waals surface area contributed by atoms with Gasteiger partial charge in [0.2, 0.25) is 0 Å². The predicted octanol–water partition coefficient (Wildman–Crippen LogP) is 2.97. The van der Waals surface area contributed by atoms with Gasteiger partial charge in [0.05, 0.1) is 0 Å². The molecule has 1 heterocycles. The normalized spacial score (nSPS) is 34.0. The Balaban J connectivity index is 1.90. The first-order valence-electron chi connectivity index (χ1n) is 5.87. The summed E-state index contributed by atoms with van der Waals surface area (Å²) < 4.78 is 0. The largest absolute Gasteiger partial charge is 0.297 e. The molecule has 74 valence electrons. The Kier molecular flexibility index (Phi) is 3.42. The topological polar surface area (TPSA) is 3.24 Å². The lowest BCUT2D eigenvalue weighted by molar-refractivity contribution is 0.264. The third-order valence-electron chi connectivity index (χ3n) is 3.34. The molecule has 1 nitrogen and oxygen atoms in total. The zero-order chi connectivity index (χ0) is 8.93. The number of hydrogen-bond acceptors (Lipinski definition) is 1. The maximum absolute atomic E-state index is 2.67. The van der Waals surface area contributed by atoms with Crippen molar-refractivity contribution < 1.29 is 0 Å². The van der Waals surface area contributed by atoms with Gasteiger partial charge in [-0.25, -0.2) is 0 Å². The molecule has 0 radical (unpaired) electrons. The summed E-state index contributed by atoms with van der Waals surface area (Å²) in [5.74, 6) is 0. The van der Waals surface area contributed by atoms with Crippen LogP contribution >= 0.6 is 0 Å². The Labute approximate surface area is 81.8 Å². The summed E-state index contributed by atoms with van der Waals surface area (Å²) in [6.45, 7) is 2.68. The van der Waals surface area contributed by atoms with E-state index in [1.165, 1.54) is 58.0 Å². The Hall–Kier alpha value is -0.300. The number of allylic oxidation sites excluding steroid dienone is 1. The van der Waals surface area contributed by atoms with Gasteiger partial charge >= 0.3 is 0 Å². The number of rotatable bonds is 1. The molecule has 1 atom stereocenters. The molecule has 0 aromatic heterocycles. The van der Waals surface area contributed by atoms with Crippen LogP contribution in [0.3, 0.4) is 0 Å². The minimum atomic E-state index is 0.780. The lowest BCUT2D eigenvalue weighted by Crippen LogP contribution is -2.31. The van der Waals surface area contributed by atoms with Gasteiger partial charge in [0, 0.05) is 6.04 Å². The van der Waals surface area contributed by atoms with Crippen molar-refractivity contribution >= 4 is 0 Å². The molecule has 2 aliphatic rings. The molecular formula is C12H21N. The van der Waals surface area contributed by atoms with Gasteiger partial charge in [-0.2, -0.15) is 0 Å². The van der Waals surface area contributed by atoms with Crippen LogP contribution in [0.4, 0.5) is 0 Å². The molecule has 0 saturated carbocycles. The fourth-order valence-corrected chi connectivity index (χ4v) is 2.52. The van der Waals surface area contributed by atoms with Crippen molar-refractivity contribution in [1.29, 1.82) is 0 Å². The first kappa shape index (κ1) is 9.26. The van der Waals surface area contributed by atoms with Crippen LogP contribution in [0.25, 0.3) is 0 Å². The molecule has 13 heavy (non-hydrogen) atoms. The van der Waals surface area contributed by atoms with Crippen molar-refractivity contribution in [3.05, 3.63) is 12.2 Å². The van der Waals surface area contributed by atoms with E-state index in [1.54, 1.807) is 0 Å². The lowest BCUT2D eigenvalue weighted by atomic mass is 10.0. The average molecular weight is 179 g/mol. The zero-order valence-corrected chi connectivity index (χ0v) is 8.54. The smallest absolute Gasteiger partial charge is 0.0278 e. The second kappa shape index (κ2) is 4.80. The van der Waals surface area contributed by atoms with Crippen LogP contribution in [-0.2, 0) is 0 Å². The van der Waals surface area contributed by atoms with Crippen LogP contribution in [0.2, 0.25) is 0 Å². The van der Waals surface area contributed by atoms with Gasteiger partial charge in [-0.05, 0) is 45.2 Å². The highest BCUT2D eigenvalue weighted by Gasteiger charge is 2.19. The predicted molar refractivity (Wildman–Crippen MR) is 56.8 cm³/mol. The molecular weight excluding hydrogens is 158 g/mol. The molecule has 0 aromatic rings. The molecule has 1 aliphatic heterocycles. The van der Waals surface area contributed by atoms with E-state index < -0.39 is 0 Å². The van der Waals surface area contributed by atoms with Crippen LogP contribution < -0.4 is 0 Å². The summed E-state index contributed by atoms with van der Waals surface area (Å²) in [4.78, 5) is 2.67. The molecule has 0 N–H and O–H groups in total. The van der Waals surface area contributed by atoms with Crippen molar-refractivity contribution in [3.63, 3.8) is 0 Å². The van der Waals surface area contributed by atoms with Crippen molar-refractivity contribution in [2.24, 2.45) is 0 Å². The van der Waals surface area contributed by atoms with Crippen LogP contribution in [0, 0.1) is 0 Å². The van der Waals surface area contributed by atoms with Gasteiger partial charge in [-0.15, -0.1) is 0 Å². The Morgan fingerprint density at radius 3 is 2.62 bits per heavy atom. The van der Waals surface area contributed by atoms with E-state index in [-0.39, 0.29) is 0 Å². The van der Waals surface area contributed by atoms with Gasteiger partial charge in [0.15, 0.2) is 0 Å². The van der Waals surface area contributed by atoms with Crippen molar-refractivity contribution in [2.75, 3.05) is 13.1 Å². The molecule has 1 saturated heterocycles. The van der Waals surface area contributed by atoms with E-state index in [9.17, 15) is 0 Å². The molecule has 0 amide bonds. The highest BCUT2D eigenvalue weighted by atomic mass is 15.2.